The predicted molar refractivity (Wildman–Crippen MR) is 96.2 cm³/mol. The number of hydroxylamine groups is 2. The molecule has 0 saturated heterocycles. The number of rotatable bonds is 3. The van der Waals surface area contributed by atoms with E-state index in [0.717, 1.165) is 20.7 Å². The monoisotopic (exact) mass is 347 g/mol. The van der Waals surface area contributed by atoms with E-state index in [2.05, 4.69) is 12.1 Å². The van der Waals surface area contributed by atoms with Gasteiger partial charge in [-0.05, 0) is 18.6 Å². The average Bonchev–Trinajstić information content (AvgIpc) is 2.93. The molecule has 0 saturated carbocycles. The van der Waals surface area contributed by atoms with E-state index >= 15 is 0 Å². The van der Waals surface area contributed by atoms with Gasteiger partial charge < -0.3 is 0 Å². The number of carbonyl (C=O) groups is 1. The minimum absolute atomic E-state index is 0.269. The molecule has 1 unspecified atom stereocenters. The van der Waals surface area contributed by atoms with Crippen molar-refractivity contribution >= 4 is 49.0 Å². The number of hydrogen-bond donors (Lipinski definition) is 1. The summed E-state index contributed by atoms with van der Waals surface area (Å²) in [6.07, 6.45) is 0. The van der Waals surface area contributed by atoms with E-state index in [1.807, 2.05) is 24.3 Å². The standard InChI is InChI=1S/C18H18ClNO2S/c1-10(2)18(21)20(22)11(3)12-8-9-14-13-6-4-5-7-15(13)23-17(14)16(12)19/h4-11,22H,1-3H3. The number of carbonyl (C=O) groups excluding carboxylic acids is 1. The molecule has 1 atom stereocenters. The number of fused-ring (bicyclic) bond motifs is 3. The van der Waals surface area contributed by atoms with Gasteiger partial charge in [-0.1, -0.05) is 55.8 Å². The van der Waals surface area contributed by atoms with Gasteiger partial charge in [-0.3, -0.25) is 10.0 Å². The van der Waals surface area contributed by atoms with Gasteiger partial charge in [-0.25, -0.2) is 5.06 Å². The first-order valence-corrected chi connectivity index (χ1v) is 8.73. The van der Waals surface area contributed by atoms with E-state index in [-0.39, 0.29) is 11.8 Å². The van der Waals surface area contributed by atoms with E-state index < -0.39 is 6.04 Å². The van der Waals surface area contributed by atoms with Crippen LogP contribution in [0.2, 0.25) is 5.02 Å². The summed E-state index contributed by atoms with van der Waals surface area (Å²) >= 11 is 8.23. The van der Waals surface area contributed by atoms with Crippen LogP contribution in [0.4, 0.5) is 0 Å². The van der Waals surface area contributed by atoms with Crippen molar-refractivity contribution in [3.05, 3.63) is 47.0 Å². The van der Waals surface area contributed by atoms with Crippen LogP contribution in [0.15, 0.2) is 36.4 Å². The third-order valence-corrected chi connectivity index (χ3v) is 5.78. The highest BCUT2D eigenvalue weighted by atomic mass is 35.5. The maximum atomic E-state index is 12.0. The topological polar surface area (TPSA) is 40.5 Å². The molecule has 1 aromatic heterocycles. The van der Waals surface area contributed by atoms with Crippen molar-refractivity contribution in [2.75, 3.05) is 0 Å². The van der Waals surface area contributed by atoms with Gasteiger partial charge in [-0.2, -0.15) is 0 Å². The van der Waals surface area contributed by atoms with Gasteiger partial charge in [0.05, 0.1) is 15.8 Å². The van der Waals surface area contributed by atoms with Crippen LogP contribution in [0.3, 0.4) is 0 Å². The van der Waals surface area contributed by atoms with Gasteiger partial charge in [0.15, 0.2) is 0 Å². The van der Waals surface area contributed by atoms with Gasteiger partial charge >= 0.3 is 0 Å². The molecule has 3 nitrogen and oxygen atoms in total. The van der Waals surface area contributed by atoms with Gasteiger partial charge in [0.2, 0.25) is 5.91 Å². The first-order valence-electron chi connectivity index (χ1n) is 7.53. The number of benzene rings is 2. The summed E-state index contributed by atoms with van der Waals surface area (Å²) in [5, 5.41) is 13.8. The van der Waals surface area contributed by atoms with Crippen LogP contribution >= 0.6 is 22.9 Å². The summed E-state index contributed by atoms with van der Waals surface area (Å²) < 4.78 is 2.16. The molecule has 1 N–H and O–H groups in total. The summed E-state index contributed by atoms with van der Waals surface area (Å²) in [6.45, 7) is 5.30. The molecule has 5 heteroatoms. The van der Waals surface area contributed by atoms with Crippen LogP contribution in [0.25, 0.3) is 20.2 Å². The van der Waals surface area contributed by atoms with Crippen molar-refractivity contribution in [1.29, 1.82) is 0 Å². The Morgan fingerprint density at radius 3 is 2.52 bits per heavy atom. The minimum Gasteiger partial charge on any atom is -0.285 e. The van der Waals surface area contributed by atoms with Crippen molar-refractivity contribution < 1.29 is 10.0 Å². The number of halogens is 1. The molecule has 3 aromatic rings. The smallest absolute Gasteiger partial charge is 0.249 e. The lowest BCUT2D eigenvalue weighted by molar-refractivity contribution is -0.178. The van der Waals surface area contributed by atoms with Crippen LogP contribution in [0, 0.1) is 5.92 Å². The van der Waals surface area contributed by atoms with Gasteiger partial charge in [0.25, 0.3) is 0 Å². The fourth-order valence-electron chi connectivity index (χ4n) is 2.68. The molecular weight excluding hydrogens is 330 g/mol. The van der Waals surface area contributed by atoms with E-state index in [4.69, 9.17) is 11.6 Å². The van der Waals surface area contributed by atoms with E-state index in [9.17, 15) is 10.0 Å². The van der Waals surface area contributed by atoms with Crippen LogP contribution in [-0.4, -0.2) is 16.2 Å². The zero-order valence-electron chi connectivity index (χ0n) is 13.2. The lowest BCUT2D eigenvalue weighted by Gasteiger charge is -2.25. The third-order valence-electron chi connectivity index (χ3n) is 4.05. The molecule has 0 aliphatic carbocycles. The largest absolute Gasteiger partial charge is 0.285 e. The lowest BCUT2D eigenvalue weighted by Crippen LogP contribution is -2.33. The van der Waals surface area contributed by atoms with E-state index in [1.54, 1.807) is 32.1 Å². The summed E-state index contributed by atoms with van der Waals surface area (Å²) in [7, 11) is 0. The summed E-state index contributed by atoms with van der Waals surface area (Å²) in [5.41, 5.74) is 0.752. The zero-order chi connectivity index (χ0) is 16.7. The normalized spacial score (nSPS) is 13.0. The Labute approximate surface area is 144 Å². The Morgan fingerprint density at radius 1 is 1.13 bits per heavy atom. The second kappa shape index (κ2) is 6.11. The maximum absolute atomic E-state index is 12.0. The summed E-state index contributed by atoms with van der Waals surface area (Å²) in [5.74, 6) is -0.584. The minimum atomic E-state index is -0.494. The fourth-order valence-corrected chi connectivity index (χ4v) is 4.27. The average molecular weight is 348 g/mol. The van der Waals surface area contributed by atoms with Crippen LogP contribution in [0.5, 0.6) is 0 Å². The van der Waals surface area contributed by atoms with Gasteiger partial charge in [-0.15, -0.1) is 11.3 Å². The highest BCUT2D eigenvalue weighted by molar-refractivity contribution is 7.26. The van der Waals surface area contributed by atoms with Crippen molar-refractivity contribution in [2.45, 2.75) is 26.8 Å². The molecule has 0 bridgehead atoms. The number of amides is 1. The molecule has 0 radical (unpaired) electrons. The van der Waals surface area contributed by atoms with Crippen molar-refractivity contribution in [2.24, 2.45) is 5.92 Å². The molecule has 0 fully saturated rings. The molecule has 23 heavy (non-hydrogen) atoms. The molecular formula is C18H18ClNO2S. The summed E-state index contributed by atoms with van der Waals surface area (Å²) in [6, 6.07) is 11.6. The van der Waals surface area contributed by atoms with Gasteiger partial charge in [0.1, 0.15) is 0 Å². The van der Waals surface area contributed by atoms with Crippen LogP contribution in [-0.2, 0) is 4.79 Å². The highest BCUT2D eigenvalue weighted by Crippen LogP contribution is 2.41. The van der Waals surface area contributed by atoms with Crippen molar-refractivity contribution in [3.8, 4) is 0 Å². The Kier molecular flexibility index (Phi) is 4.32. The predicted octanol–water partition coefficient (Wildman–Crippen LogP) is 5.64. The molecule has 0 aliphatic heterocycles. The lowest BCUT2D eigenvalue weighted by atomic mass is 10.0. The molecule has 2 aromatic carbocycles. The Bertz CT molecular complexity index is 887. The van der Waals surface area contributed by atoms with Gasteiger partial charge in [0, 0.05) is 21.4 Å². The Hall–Kier alpha value is -1.62. The Balaban J connectivity index is 2.10. The number of nitrogens with zero attached hydrogens (tertiary/aromatic N) is 1. The first kappa shape index (κ1) is 16.2. The van der Waals surface area contributed by atoms with E-state index in [1.165, 1.54) is 10.1 Å². The number of thiophene rings is 1. The van der Waals surface area contributed by atoms with E-state index in [0.29, 0.717) is 5.02 Å². The quantitative estimate of drug-likeness (QED) is 0.491. The molecule has 1 amide bonds. The van der Waals surface area contributed by atoms with Crippen LogP contribution < -0.4 is 0 Å². The fraction of sp³-hybridized carbons (Fsp3) is 0.278. The van der Waals surface area contributed by atoms with Crippen molar-refractivity contribution in [3.63, 3.8) is 0 Å². The Morgan fingerprint density at radius 2 is 1.83 bits per heavy atom. The van der Waals surface area contributed by atoms with Crippen LogP contribution in [0.1, 0.15) is 32.4 Å². The first-order chi connectivity index (χ1) is 10.9. The third kappa shape index (κ3) is 2.71. The highest BCUT2D eigenvalue weighted by Gasteiger charge is 2.25. The second-order valence-corrected chi connectivity index (χ2v) is 7.39. The van der Waals surface area contributed by atoms with Crippen molar-refractivity contribution in [1.82, 2.24) is 5.06 Å². The summed E-state index contributed by atoms with van der Waals surface area (Å²) in [4.78, 5) is 12.0. The SMILES string of the molecule is CC(C)C(=O)N(O)C(C)c1ccc2c(sc3ccccc32)c1Cl. The molecule has 120 valence electrons. The maximum Gasteiger partial charge on any atom is 0.249 e. The number of hydrogen-bond acceptors (Lipinski definition) is 3. The molecule has 1 heterocycles. The molecule has 3 rings (SSSR count). The zero-order valence-corrected chi connectivity index (χ0v) is 14.8. The molecule has 0 aliphatic rings. The molecule has 0 spiro atoms. The second-order valence-electron chi connectivity index (χ2n) is 5.96.